The van der Waals surface area contributed by atoms with E-state index in [2.05, 4.69) is 11.0 Å². The van der Waals surface area contributed by atoms with E-state index in [9.17, 15) is 0 Å². The number of rotatable bonds is 7. The van der Waals surface area contributed by atoms with Gasteiger partial charge in [-0.15, -0.1) is 11.3 Å². The smallest absolute Gasteiger partial charge is 0.0931 e. The topological polar surface area (TPSA) is 29.3 Å². The van der Waals surface area contributed by atoms with E-state index < -0.39 is 0 Å². The van der Waals surface area contributed by atoms with Crippen LogP contribution in [0.15, 0.2) is 12.1 Å². The number of thiophene rings is 1. The fraction of sp³-hybridized carbons (Fsp3) is 0.714. The lowest BCUT2D eigenvalue weighted by molar-refractivity contribution is 0.187. The average Bonchev–Trinajstić information content (AvgIpc) is 3.25. The molecular weight excluding hydrogens is 264 g/mol. The molecule has 100 valence electrons. The van der Waals surface area contributed by atoms with Gasteiger partial charge in [0.05, 0.1) is 10.4 Å². The van der Waals surface area contributed by atoms with Crippen LogP contribution in [0.4, 0.5) is 0 Å². The van der Waals surface area contributed by atoms with Crippen LogP contribution in [0.25, 0.3) is 0 Å². The lowest BCUT2D eigenvalue weighted by Crippen LogP contribution is -2.36. The van der Waals surface area contributed by atoms with Crippen molar-refractivity contribution in [3.63, 3.8) is 0 Å². The molecule has 2 nitrogen and oxygen atoms in total. The Kier molecular flexibility index (Phi) is 3.94. The summed E-state index contributed by atoms with van der Waals surface area (Å²) in [5, 5.41) is 0. The summed E-state index contributed by atoms with van der Waals surface area (Å²) < 4.78 is 0.876. The van der Waals surface area contributed by atoms with Crippen molar-refractivity contribution in [2.45, 2.75) is 31.7 Å². The van der Waals surface area contributed by atoms with Crippen LogP contribution in [-0.4, -0.2) is 24.5 Å². The molecule has 1 aromatic heterocycles. The summed E-state index contributed by atoms with van der Waals surface area (Å²) >= 11 is 7.75. The maximum atomic E-state index is 6.06. The highest BCUT2D eigenvalue weighted by Gasteiger charge is 2.33. The molecule has 2 saturated carbocycles. The van der Waals surface area contributed by atoms with Gasteiger partial charge in [-0.05, 0) is 49.7 Å². The number of halogens is 1. The second-order valence-corrected chi connectivity index (χ2v) is 7.48. The fourth-order valence-electron chi connectivity index (χ4n) is 2.55. The van der Waals surface area contributed by atoms with Gasteiger partial charge in [0.1, 0.15) is 0 Å². The lowest BCUT2D eigenvalue weighted by Gasteiger charge is -2.30. The first-order valence-electron chi connectivity index (χ1n) is 6.95. The summed E-state index contributed by atoms with van der Waals surface area (Å²) in [4.78, 5) is 3.96. The minimum atomic E-state index is 0.378. The molecule has 1 atom stereocenters. The molecule has 2 N–H and O–H groups in total. The van der Waals surface area contributed by atoms with E-state index in [0.29, 0.717) is 12.6 Å². The Labute approximate surface area is 118 Å². The van der Waals surface area contributed by atoms with Crippen molar-refractivity contribution in [1.82, 2.24) is 4.90 Å². The highest BCUT2D eigenvalue weighted by atomic mass is 35.5. The molecule has 0 saturated heterocycles. The Morgan fingerprint density at radius 3 is 2.22 bits per heavy atom. The average molecular weight is 285 g/mol. The molecule has 2 aliphatic carbocycles. The van der Waals surface area contributed by atoms with E-state index in [4.69, 9.17) is 17.3 Å². The first-order valence-corrected chi connectivity index (χ1v) is 8.15. The highest BCUT2D eigenvalue weighted by molar-refractivity contribution is 7.16. The minimum Gasteiger partial charge on any atom is -0.329 e. The maximum Gasteiger partial charge on any atom is 0.0931 e. The van der Waals surface area contributed by atoms with Crippen molar-refractivity contribution in [1.29, 1.82) is 0 Å². The van der Waals surface area contributed by atoms with Gasteiger partial charge < -0.3 is 5.73 Å². The standard InChI is InChI=1S/C14H21ClN2S/c15-14-6-5-13(18-14)12(7-16)17(8-10-1-2-10)9-11-3-4-11/h5-6,10-12H,1-4,7-9,16H2. The number of nitrogens with two attached hydrogens (primary N) is 1. The van der Waals surface area contributed by atoms with E-state index in [1.165, 1.54) is 43.6 Å². The quantitative estimate of drug-likeness (QED) is 0.830. The predicted molar refractivity (Wildman–Crippen MR) is 78.1 cm³/mol. The maximum absolute atomic E-state index is 6.06. The summed E-state index contributed by atoms with van der Waals surface area (Å²) in [6, 6.07) is 4.53. The van der Waals surface area contributed by atoms with Gasteiger partial charge in [0.25, 0.3) is 0 Å². The number of nitrogens with zero attached hydrogens (tertiary/aromatic N) is 1. The lowest BCUT2D eigenvalue weighted by atomic mass is 10.1. The molecule has 0 bridgehead atoms. The zero-order chi connectivity index (χ0) is 12.5. The third-order valence-electron chi connectivity index (χ3n) is 3.97. The van der Waals surface area contributed by atoms with E-state index in [1.54, 1.807) is 11.3 Å². The summed E-state index contributed by atoms with van der Waals surface area (Å²) in [7, 11) is 0. The van der Waals surface area contributed by atoms with Crippen molar-refractivity contribution < 1.29 is 0 Å². The fourth-order valence-corrected chi connectivity index (χ4v) is 3.75. The van der Waals surface area contributed by atoms with E-state index in [-0.39, 0.29) is 0 Å². The number of hydrogen-bond acceptors (Lipinski definition) is 3. The molecular formula is C14H21ClN2S. The van der Waals surface area contributed by atoms with Crippen LogP contribution in [0, 0.1) is 11.8 Å². The Bertz CT molecular complexity index is 384. The molecule has 2 fully saturated rings. The van der Waals surface area contributed by atoms with Gasteiger partial charge >= 0.3 is 0 Å². The molecule has 0 amide bonds. The monoisotopic (exact) mass is 284 g/mol. The third-order valence-corrected chi connectivity index (χ3v) is 5.30. The molecule has 1 aromatic rings. The van der Waals surface area contributed by atoms with Crippen molar-refractivity contribution in [2.24, 2.45) is 17.6 Å². The summed E-state index contributed by atoms with van der Waals surface area (Å²) in [6.07, 6.45) is 5.63. The summed E-state index contributed by atoms with van der Waals surface area (Å²) in [5.74, 6) is 1.85. The third kappa shape index (κ3) is 3.27. The molecule has 0 radical (unpaired) electrons. The normalized spacial score (nSPS) is 21.5. The molecule has 1 unspecified atom stereocenters. The van der Waals surface area contributed by atoms with Gasteiger partial charge in [-0.3, -0.25) is 4.90 Å². The van der Waals surface area contributed by atoms with Crippen molar-refractivity contribution >= 4 is 22.9 Å². The number of hydrogen-bond donors (Lipinski definition) is 1. The van der Waals surface area contributed by atoms with Gasteiger partial charge in [0, 0.05) is 24.5 Å². The molecule has 4 heteroatoms. The SMILES string of the molecule is NCC(c1ccc(Cl)s1)N(CC1CC1)CC1CC1. The molecule has 0 aromatic carbocycles. The first-order chi connectivity index (χ1) is 8.76. The molecule has 2 aliphatic rings. The predicted octanol–water partition coefficient (Wildman–Crippen LogP) is 3.52. The van der Waals surface area contributed by atoms with Crippen LogP contribution in [-0.2, 0) is 0 Å². The van der Waals surface area contributed by atoms with Crippen LogP contribution in [0.5, 0.6) is 0 Å². The zero-order valence-corrected chi connectivity index (χ0v) is 12.2. The van der Waals surface area contributed by atoms with Crippen molar-refractivity contribution in [3.8, 4) is 0 Å². The van der Waals surface area contributed by atoms with E-state index in [1.807, 2.05) is 6.07 Å². The Hall–Kier alpha value is -0.0900. The van der Waals surface area contributed by atoms with Gasteiger partial charge in [0.15, 0.2) is 0 Å². The second kappa shape index (κ2) is 5.49. The molecule has 0 spiro atoms. The molecule has 0 aliphatic heterocycles. The van der Waals surface area contributed by atoms with Crippen molar-refractivity contribution in [2.75, 3.05) is 19.6 Å². The van der Waals surface area contributed by atoms with E-state index in [0.717, 1.165) is 16.2 Å². The Morgan fingerprint density at radius 1 is 1.22 bits per heavy atom. The Morgan fingerprint density at radius 2 is 1.83 bits per heavy atom. The second-order valence-electron chi connectivity index (χ2n) is 5.73. The summed E-state index contributed by atoms with van der Waals surface area (Å²) in [6.45, 7) is 3.16. The Balaban J connectivity index is 1.71. The van der Waals surface area contributed by atoms with Gasteiger partial charge in [-0.1, -0.05) is 11.6 Å². The minimum absolute atomic E-state index is 0.378. The molecule has 1 heterocycles. The molecule has 3 rings (SSSR count). The van der Waals surface area contributed by atoms with Crippen LogP contribution in [0.3, 0.4) is 0 Å². The van der Waals surface area contributed by atoms with E-state index >= 15 is 0 Å². The van der Waals surface area contributed by atoms with Crippen LogP contribution in [0.2, 0.25) is 4.34 Å². The largest absolute Gasteiger partial charge is 0.329 e. The van der Waals surface area contributed by atoms with Gasteiger partial charge in [-0.25, -0.2) is 0 Å². The van der Waals surface area contributed by atoms with Crippen LogP contribution in [0.1, 0.15) is 36.6 Å². The molecule has 18 heavy (non-hydrogen) atoms. The summed E-state index contributed by atoms with van der Waals surface area (Å²) in [5.41, 5.74) is 6.03. The van der Waals surface area contributed by atoms with Gasteiger partial charge in [-0.2, -0.15) is 0 Å². The van der Waals surface area contributed by atoms with Crippen LogP contribution >= 0.6 is 22.9 Å². The first kappa shape index (κ1) is 12.9. The van der Waals surface area contributed by atoms with Crippen LogP contribution < -0.4 is 5.73 Å². The van der Waals surface area contributed by atoms with Gasteiger partial charge in [0.2, 0.25) is 0 Å². The highest BCUT2D eigenvalue weighted by Crippen LogP contribution is 2.38. The van der Waals surface area contributed by atoms with Crippen molar-refractivity contribution in [3.05, 3.63) is 21.3 Å². The zero-order valence-electron chi connectivity index (χ0n) is 10.6.